The van der Waals surface area contributed by atoms with Crippen molar-refractivity contribution in [1.29, 1.82) is 0 Å². The first kappa shape index (κ1) is 14.4. The zero-order valence-corrected chi connectivity index (χ0v) is 12.6. The van der Waals surface area contributed by atoms with E-state index in [2.05, 4.69) is 56.2 Å². The Hall–Kier alpha value is -1.06. The van der Waals surface area contributed by atoms with E-state index in [0.29, 0.717) is 6.04 Å². The number of rotatable bonds is 3. The fourth-order valence-corrected chi connectivity index (χ4v) is 2.59. The standard InChI is InChI=1S/C16H26N2O/c1-16(2,3)15(17-4)12-18-9-10-19-14-8-6-5-7-13(14)11-18/h5-8,15,17H,9-12H2,1-4H3. The van der Waals surface area contributed by atoms with E-state index in [0.717, 1.165) is 32.0 Å². The van der Waals surface area contributed by atoms with E-state index in [1.807, 2.05) is 6.07 Å². The van der Waals surface area contributed by atoms with Gasteiger partial charge in [0.1, 0.15) is 12.4 Å². The number of para-hydroxylation sites is 1. The number of ether oxygens (including phenoxy) is 1. The van der Waals surface area contributed by atoms with Crippen LogP contribution in [0.5, 0.6) is 5.75 Å². The Kier molecular flexibility index (Phi) is 4.48. The first-order valence-electron chi connectivity index (χ1n) is 7.11. The van der Waals surface area contributed by atoms with Crippen molar-refractivity contribution in [3.8, 4) is 5.75 Å². The summed E-state index contributed by atoms with van der Waals surface area (Å²) >= 11 is 0. The molecule has 0 saturated carbocycles. The third-order valence-corrected chi connectivity index (χ3v) is 3.87. The minimum absolute atomic E-state index is 0.265. The van der Waals surface area contributed by atoms with E-state index in [1.54, 1.807) is 0 Å². The van der Waals surface area contributed by atoms with Crippen molar-refractivity contribution in [2.75, 3.05) is 26.7 Å². The summed E-state index contributed by atoms with van der Waals surface area (Å²) < 4.78 is 5.82. The van der Waals surface area contributed by atoms with Gasteiger partial charge in [0.05, 0.1) is 0 Å². The largest absolute Gasteiger partial charge is 0.492 e. The highest BCUT2D eigenvalue weighted by Gasteiger charge is 2.26. The predicted molar refractivity (Wildman–Crippen MR) is 79.5 cm³/mol. The van der Waals surface area contributed by atoms with Gasteiger partial charge in [-0.15, -0.1) is 0 Å². The molecule has 0 amide bonds. The first-order valence-corrected chi connectivity index (χ1v) is 7.11. The van der Waals surface area contributed by atoms with Gasteiger partial charge in [0.2, 0.25) is 0 Å². The van der Waals surface area contributed by atoms with Crippen molar-refractivity contribution >= 4 is 0 Å². The van der Waals surface area contributed by atoms with Gasteiger partial charge in [-0.25, -0.2) is 0 Å². The third kappa shape index (κ3) is 3.71. The summed E-state index contributed by atoms with van der Waals surface area (Å²) in [6.07, 6.45) is 0. The summed E-state index contributed by atoms with van der Waals surface area (Å²) in [7, 11) is 2.05. The normalized spacial score (nSPS) is 18.3. The quantitative estimate of drug-likeness (QED) is 0.906. The van der Waals surface area contributed by atoms with Gasteiger partial charge in [-0.05, 0) is 18.5 Å². The lowest BCUT2D eigenvalue weighted by molar-refractivity contribution is 0.162. The number of benzene rings is 1. The Morgan fingerprint density at radius 1 is 1.32 bits per heavy atom. The van der Waals surface area contributed by atoms with E-state index in [1.165, 1.54) is 5.56 Å². The molecule has 1 atom stereocenters. The van der Waals surface area contributed by atoms with Crippen LogP contribution in [0.15, 0.2) is 24.3 Å². The average Bonchev–Trinajstić information content (AvgIpc) is 2.56. The van der Waals surface area contributed by atoms with Crippen molar-refractivity contribution < 1.29 is 4.74 Å². The number of fused-ring (bicyclic) bond motifs is 1. The van der Waals surface area contributed by atoms with Gasteiger partial charge in [0.15, 0.2) is 0 Å². The molecule has 0 saturated heterocycles. The van der Waals surface area contributed by atoms with E-state index in [9.17, 15) is 0 Å². The van der Waals surface area contributed by atoms with Crippen LogP contribution in [0, 0.1) is 5.41 Å². The molecular formula is C16H26N2O. The second-order valence-electron chi connectivity index (χ2n) is 6.40. The highest BCUT2D eigenvalue weighted by Crippen LogP contribution is 2.25. The molecular weight excluding hydrogens is 236 g/mol. The van der Waals surface area contributed by atoms with Gasteiger partial charge in [0, 0.05) is 31.2 Å². The molecule has 1 heterocycles. The molecule has 1 aliphatic heterocycles. The number of hydrogen-bond acceptors (Lipinski definition) is 3. The Bertz CT molecular complexity index is 411. The van der Waals surface area contributed by atoms with Crippen LogP contribution in [0.4, 0.5) is 0 Å². The van der Waals surface area contributed by atoms with Crippen LogP contribution < -0.4 is 10.1 Å². The van der Waals surface area contributed by atoms with Crippen LogP contribution in [0.25, 0.3) is 0 Å². The average molecular weight is 262 g/mol. The van der Waals surface area contributed by atoms with Gasteiger partial charge < -0.3 is 10.1 Å². The summed E-state index contributed by atoms with van der Waals surface area (Å²) in [6, 6.07) is 8.85. The molecule has 1 aromatic carbocycles. The summed E-state index contributed by atoms with van der Waals surface area (Å²) in [6.45, 7) is 10.7. The summed E-state index contributed by atoms with van der Waals surface area (Å²) in [5.74, 6) is 1.04. The first-order chi connectivity index (χ1) is 9.00. The summed E-state index contributed by atoms with van der Waals surface area (Å²) in [5.41, 5.74) is 1.56. The molecule has 3 nitrogen and oxygen atoms in total. The number of likely N-dealkylation sites (N-methyl/N-ethyl adjacent to an activating group) is 1. The zero-order chi connectivity index (χ0) is 13.9. The molecule has 0 bridgehead atoms. The molecule has 19 heavy (non-hydrogen) atoms. The Balaban J connectivity index is 2.06. The van der Waals surface area contributed by atoms with Crippen molar-refractivity contribution in [1.82, 2.24) is 10.2 Å². The molecule has 2 rings (SSSR count). The summed E-state index contributed by atoms with van der Waals surface area (Å²) in [4.78, 5) is 2.48. The minimum Gasteiger partial charge on any atom is -0.492 e. The number of nitrogens with one attached hydrogen (secondary N) is 1. The molecule has 0 fully saturated rings. The lowest BCUT2D eigenvalue weighted by Gasteiger charge is -2.34. The third-order valence-electron chi connectivity index (χ3n) is 3.87. The topological polar surface area (TPSA) is 24.5 Å². The molecule has 0 aliphatic carbocycles. The number of nitrogens with zero attached hydrogens (tertiary/aromatic N) is 1. The molecule has 1 aromatic rings. The maximum atomic E-state index is 5.82. The molecule has 1 N–H and O–H groups in total. The predicted octanol–water partition coefficient (Wildman–Crippen LogP) is 2.52. The SMILES string of the molecule is CNC(CN1CCOc2ccccc2C1)C(C)(C)C. The molecule has 106 valence electrons. The molecule has 3 heteroatoms. The lowest BCUT2D eigenvalue weighted by Crippen LogP contribution is -2.47. The van der Waals surface area contributed by atoms with Crippen LogP contribution >= 0.6 is 0 Å². The second-order valence-corrected chi connectivity index (χ2v) is 6.40. The molecule has 0 radical (unpaired) electrons. The highest BCUT2D eigenvalue weighted by atomic mass is 16.5. The van der Waals surface area contributed by atoms with Crippen LogP contribution in [-0.4, -0.2) is 37.7 Å². The van der Waals surface area contributed by atoms with E-state index in [-0.39, 0.29) is 5.41 Å². The lowest BCUT2D eigenvalue weighted by atomic mass is 9.86. The van der Waals surface area contributed by atoms with Crippen LogP contribution in [-0.2, 0) is 6.54 Å². The fourth-order valence-electron chi connectivity index (χ4n) is 2.59. The summed E-state index contributed by atoms with van der Waals surface area (Å²) in [5, 5.41) is 3.45. The van der Waals surface area contributed by atoms with Gasteiger partial charge in [-0.3, -0.25) is 4.90 Å². The monoisotopic (exact) mass is 262 g/mol. The number of hydrogen-bond donors (Lipinski definition) is 1. The van der Waals surface area contributed by atoms with Crippen molar-refractivity contribution in [3.05, 3.63) is 29.8 Å². The van der Waals surface area contributed by atoms with Crippen LogP contribution in [0.2, 0.25) is 0 Å². The maximum Gasteiger partial charge on any atom is 0.123 e. The van der Waals surface area contributed by atoms with E-state index < -0.39 is 0 Å². The smallest absolute Gasteiger partial charge is 0.123 e. The van der Waals surface area contributed by atoms with Gasteiger partial charge in [-0.2, -0.15) is 0 Å². The molecule has 1 unspecified atom stereocenters. The van der Waals surface area contributed by atoms with E-state index in [4.69, 9.17) is 4.74 Å². The van der Waals surface area contributed by atoms with Crippen LogP contribution in [0.1, 0.15) is 26.3 Å². The van der Waals surface area contributed by atoms with Crippen LogP contribution in [0.3, 0.4) is 0 Å². The Morgan fingerprint density at radius 2 is 2.05 bits per heavy atom. The van der Waals surface area contributed by atoms with Crippen molar-refractivity contribution in [2.24, 2.45) is 5.41 Å². The minimum atomic E-state index is 0.265. The zero-order valence-electron chi connectivity index (χ0n) is 12.6. The Morgan fingerprint density at radius 3 is 2.74 bits per heavy atom. The highest BCUT2D eigenvalue weighted by molar-refractivity contribution is 5.33. The second kappa shape index (κ2) is 5.93. The van der Waals surface area contributed by atoms with Crippen molar-refractivity contribution in [3.63, 3.8) is 0 Å². The van der Waals surface area contributed by atoms with E-state index >= 15 is 0 Å². The van der Waals surface area contributed by atoms with Gasteiger partial charge in [-0.1, -0.05) is 39.0 Å². The van der Waals surface area contributed by atoms with Crippen molar-refractivity contribution in [2.45, 2.75) is 33.4 Å². The Labute approximate surface area is 116 Å². The van der Waals surface area contributed by atoms with Gasteiger partial charge in [0.25, 0.3) is 0 Å². The molecule has 0 spiro atoms. The molecule has 1 aliphatic rings. The molecule has 0 aromatic heterocycles. The fraction of sp³-hybridized carbons (Fsp3) is 0.625. The van der Waals surface area contributed by atoms with Gasteiger partial charge >= 0.3 is 0 Å². The maximum absolute atomic E-state index is 5.82.